The number of esters is 2. The van der Waals surface area contributed by atoms with E-state index in [1.165, 1.54) is 12.0 Å². The number of fused-ring (bicyclic) bond motifs is 6. The van der Waals surface area contributed by atoms with Gasteiger partial charge in [0.15, 0.2) is 5.78 Å². The van der Waals surface area contributed by atoms with Crippen LogP contribution in [0.15, 0.2) is 126 Å². The number of rotatable bonds is 42. The number of hydrogen-bond acceptors (Lipinski definition) is 30. The van der Waals surface area contributed by atoms with Crippen LogP contribution in [0.1, 0.15) is 168 Å². The number of anilines is 2. The molecule has 0 unspecified atom stereocenters. The van der Waals surface area contributed by atoms with Gasteiger partial charge in [0.1, 0.15) is 42.0 Å². The Morgan fingerprint density at radius 3 is 1.89 bits per heavy atom. The second-order valence-electron chi connectivity index (χ2n) is 37.8. The van der Waals surface area contributed by atoms with E-state index in [9.17, 15) is 48.6 Å². The van der Waals surface area contributed by atoms with Crippen molar-refractivity contribution in [3.63, 3.8) is 0 Å². The zero-order chi connectivity index (χ0) is 99.5. The number of aryl methyl sites for hydroxylation is 4. The van der Waals surface area contributed by atoms with Gasteiger partial charge in [0.05, 0.1) is 146 Å². The van der Waals surface area contributed by atoms with Gasteiger partial charge in [0, 0.05) is 158 Å². The highest BCUT2D eigenvalue weighted by Crippen LogP contribution is 2.40. The van der Waals surface area contributed by atoms with Crippen molar-refractivity contribution in [3.8, 4) is 16.8 Å². The minimum atomic E-state index is -2.48. The number of piperidine rings is 1. The maximum absolute atomic E-state index is 14.8. The Bertz CT molecular complexity index is 5150. The van der Waals surface area contributed by atoms with E-state index in [0.717, 1.165) is 93.0 Å². The fraction of sp³-hybridized carbons (Fsp3) is 0.623. The van der Waals surface area contributed by atoms with E-state index in [2.05, 4.69) is 55.9 Å². The molecule has 1 amide bonds. The van der Waals surface area contributed by atoms with Crippen molar-refractivity contribution in [2.24, 2.45) is 42.6 Å². The second-order valence-corrected chi connectivity index (χ2v) is 37.8. The summed E-state index contributed by atoms with van der Waals surface area (Å²) < 4.78 is 84.7. The molecular formula is C106H149N9O24. The molecule has 2 N–H and O–H groups in total. The number of aliphatic hydroxyl groups excluding tert-OH is 1. The van der Waals surface area contributed by atoms with Crippen LogP contribution < -0.4 is 15.5 Å². The molecule has 0 spiro atoms. The molecule has 1 saturated carbocycles. The van der Waals surface area contributed by atoms with Crippen molar-refractivity contribution in [2.45, 2.75) is 226 Å². The van der Waals surface area contributed by atoms with Gasteiger partial charge in [-0.1, -0.05) is 83.2 Å². The quantitative estimate of drug-likeness (QED) is 0.0155. The SMILES string of the molecule is CO[C@H]1C[C@@H]2CC[C@@H](C)[C@@](O)(O2)C(=O)C(=O)N2CCCC[C@H]2C(=O)O[C@H]([C@H](C)C[C@@H]2CC[C@@H](OC(=O)CCCOCCOCCOCCOCCOCCOCCOCCOCCC(=O)CCc3cnc(N4CCN(c5ccc(-n6c(=O)n(C)c7cnc8ccc(-c9ccc(C)nc9)cc8c76)cc5C)CC4)nc3)[C@H](OC)C2)CC(=O)[C@H](C)/C=C(\C)[C@@H](O)[C@@H](OC)C(=O)[C@H](C)C[C@H](C)/C=C/C=C/C=C/1C. The number of imidazole rings is 1. The number of carbonyl (C=O) groups excluding carboxylic acids is 7. The average molecular weight is 1930 g/mol. The topological polar surface area (TPSA) is 377 Å². The third kappa shape index (κ3) is 31.7. The normalized spacial score (nSPS) is 25.9. The molecule has 4 fully saturated rings. The van der Waals surface area contributed by atoms with Gasteiger partial charge < -0.3 is 91.2 Å². The van der Waals surface area contributed by atoms with E-state index in [4.69, 9.17) is 71.3 Å². The minimum Gasteiger partial charge on any atom is -0.460 e. The van der Waals surface area contributed by atoms with Crippen molar-refractivity contribution < 1.29 is 110 Å². The smallest absolute Gasteiger partial charge is 0.333 e. The third-order valence-electron chi connectivity index (χ3n) is 27.4. The number of piperazine rings is 1. The summed E-state index contributed by atoms with van der Waals surface area (Å²) in [6, 6.07) is 15.2. The third-order valence-corrected chi connectivity index (χ3v) is 27.4. The zero-order valence-corrected chi connectivity index (χ0v) is 83.7. The lowest BCUT2D eigenvalue weighted by Gasteiger charge is -2.42. The van der Waals surface area contributed by atoms with E-state index >= 15 is 0 Å². The fourth-order valence-electron chi connectivity index (χ4n) is 19.0. The van der Waals surface area contributed by atoms with Crippen LogP contribution in [-0.2, 0) is 113 Å². The summed E-state index contributed by atoms with van der Waals surface area (Å²) in [5.41, 5.74) is 10.2. The number of ketones is 4. The molecule has 1 aliphatic carbocycles. The number of carbonyl (C=O) groups is 7. The second kappa shape index (κ2) is 55.7. The fourth-order valence-corrected chi connectivity index (χ4v) is 19.0. The van der Waals surface area contributed by atoms with Crippen LogP contribution in [0.2, 0.25) is 0 Å². The molecule has 15 atom stereocenters. The molecule has 139 heavy (non-hydrogen) atoms. The minimum absolute atomic E-state index is 0.00557. The van der Waals surface area contributed by atoms with Crippen LogP contribution in [0.25, 0.3) is 38.8 Å². The number of cyclic esters (lactones) is 1. The Hall–Kier alpha value is -9.56. The Morgan fingerprint density at radius 1 is 0.612 bits per heavy atom. The summed E-state index contributed by atoms with van der Waals surface area (Å²) in [5.74, 6) is -8.21. The predicted molar refractivity (Wildman–Crippen MR) is 526 cm³/mol. The molecular weight excluding hydrogens is 1780 g/mol. The lowest BCUT2D eigenvalue weighted by Crippen LogP contribution is -2.61. The molecule has 4 aromatic heterocycles. The van der Waals surface area contributed by atoms with Crippen LogP contribution in [0.5, 0.6) is 0 Å². The molecule has 2 aromatic carbocycles. The maximum Gasteiger partial charge on any atom is 0.333 e. The number of aromatic nitrogens is 6. The number of allylic oxidation sites excluding steroid dienone is 6. The summed E-state index contributed by atoms with van der Waals surface area (Å²) in [4.78, 5) is 137. The largest absolute Gasteiger partial charge is 0.460 e. The van der Waals surface area contributed by atoms with Crippen LogP contribution in [0.3, 0.4) is 0 Å². The number of hydrogen-bond donors (Lipinski definition) is 2. The zero-order valence-electron chi connectivity index (χ0n) is 83.7. The Labute approximate surface area is 817 Å². The first-order valence-corrected chi connectivity index (χ1v) is 49.7. The molecule has 6 aromatic rings. The van der Waals surface area contributed by atoms with Crippen molar-refractivity contribution in [1.29, 1.82) is 0 Å². The molecule has 33 nitrogen and oxygen atoms in total. The lowest BCUT2D eigenvalue weighted by atomic mass is 9.78. The summed E-state index contributed by atoms with van der Waals surface area (Å²) in [5, 5.41) is 24.7. The van der Waals surface area contributed by atoms with E-state index in [1.54, 1.807) is 70.4 Å². The summed E-state index contributed by atoms with van der Waals surface area (Å²) in [7, 11) is 6.30. The van der Waals surface area contributed by atoms with Crippen molar-refractivity contribution in [1.82, 2.24) is 34.0 Å². The summed E-state index contributed by atoms with van der Waals surface area (Å²) in [6.07, 6.45) is 19.3. The van der Waals surface area contributed by atoms with Crippen molar-refractivity contribution in [3.05, 3.63) is 148 Å². The number of benzene rings is 2. The first-order valence-electron chi connectivity index (χ1n) is 49.7. The van der Waals surface area contributed by atoms with Gasteiger partial charge in [-0.15, -0.1) is 0 Å². The van der Waals surface area contributed by atoms with E-state index in [0.29, 0.717) is 201 Å². The maximum atomic E-state index is 14.8. The summed E-state index contributed by atoms with van der Waals surface area (Å²) in [6.45, 7) is 25.8. The average Bonchev–Trinajstić information content (AvgIpc) is 1.60. The standard InChI is InChI=1S/C106H149N9O24/c1-70-20-15-14-16-21-71(2)93(126-11)64-85-32-24-77(8)106(125,139-85)101(121)102(122)114-37-18-17-22-89(114)103(123)138-94(65-91(117)73(4)59-76(7)99(120)100(128-13)98(119)75(6)58-70)74(5)60-79-27-35-92(95(62-79)127-12)137-96(118)23-19-42-129-44-46-131-48-50-133-52-54-135-56-57-136-55-53-134-51-49-132-47-45-130-43-36-84(116)31-26-80-66-109-104(110-67-80)113-40-38-112(39-41-113)88-34-30-83(61-72(88)3)115-97-86-63-81(82-28-25-78(9)107-68-82)29-33-87(86)108-69-90(97)111(10)105(115)124/h14-16,20-21,25,28-30,33-34,59,61,63,66-70,73-75,77,79,85,89,92-95,99-100,120,125H,17-19,22-24,26-27,31-32,35-58,60,62,64-65H2,1-13H3/b16-14+,20-15+,71-21+,76-59+/t70-,73-,74-,75-,77-,79+,85+,89+,92-,93+,94+,95-,99-,100+,106-/m1/s1. The van der Waals surface area contributed by atoms with Gasteiger partial charge in [-0.3, -0.25) is 47.9 Å². The van der Waals surface area contributed by atoms with Gasteiger partial charge in [-0.25, -0.2) is 19.6 Å². The Balaban J connectivity index is 0.496. The van der Waals surface area contributed by atoms with Gasteiger partial charge in [-0.2, -0.15) is 0 Å². The Kier molecular flexibility index (Phi) is 44.0. The highest BCUT2D eigenvalue weighted by Gasteiger charge is 2.53. The van der Waals surface area contributed by atoms with Gasteiger partial charge in [0.2, 0.25) is 11.7 Å². The van der Waals surface area contributed by atoms with E-state index in [1.807, 2.05) is 101 Å². The number of ether oxygens (including phenoxy) is 14. The van der Waals surface area contributed by atoms with Crippen LogP contribution >= 0.6 is 0 Å². The highest BCUT2D eigenvalue weighted by molar-refractivity contribution is 6.39. The number of nitrogens with zero attached hydrogens (tertiary/aromatic N) is 9. The molecule has 11 rings (SSSR count). The number of amides is 1. The molecule has 5 aliphatic rings. The first-order chi connectivity index (χ1) is 67.1. The number of methoxy groups -OCH3 is 3. The molecule has 3 saturated heterocycles. The van der Waals surface area contributed by atoms with E-state index in [-0.39, 0.29) is 73.1 Å². The first kappa shape index (κ1) is 110. The van der Waals surface area contributed by atoms with Gasteiger partial charge >= 0.3 is 17.6 Å². The van der Waals surface area contributed by atoms with Gasteiger partial charge in [-0.05, 0) is 187 Å². The van der Waals surface area contributed by atoms with Crippen LogP contribution in [-0.4, -0.2) is 299 Å². The summed E-state index contributed by atoms with van der Waals surface area (Å²) >= 11 is 0. The monoisotopic (exact) mass is 1930 g/mol. The number of Topliss-reactive ketones (excluding diaryl/α,β-unsaturated/α-hetero) is 4. The number of aliphatic hydroxyl groups is 2. The highest BCUT2D eigenvalue weighted by atomic mass is 16.6. The molecule has 762 valence electrons. The molecule has 2 bridgehead atoms. The molecule has 0 radical (unpaired) electrons. The molecule has 8 heterocycles. The lowest BCUT2D eigenvalue weighted by molar-refractivity contribution is -0.265. The van der Waals surface area contributed by atoms with Crippen LogP contribution in [0, 0.1) is 49.4 Å². The molecule has 4 aliphatic heterocycles. The van der Waals surface area contributed by atoms with Crippen molar-refractivity contribution in [2.75, 3.05) is 170 Å². The van der Waals surface area contributed by atoms with Crippen LogP contribution in [0.4, 0.5) is 11.6 Å². The van der Waals surface area contributed by atoms with Crippen molar-refractivity contribution >= 4 is 74.6 Å². The Morgan fingerprint density at radius 2 is 1.26 bits per heavy atom. The number of pyridine rings is 2. The predicted octanol–water partition coefficient (Wildman–Crippen LogP) is 12.2. The van der Waals surface area contributed by atoms with Gasteiger partial charge in [0.25, 0.3) is 11.7 Å². The molecule has 33 heteroatoms. The van der Waals surface area contributed by atoms with E-state index < -0.39 is 95.9 Å².